The molecule has 8 nitrogen and oxygen atoms in total. The summed E-state index contributed by atoms with van der Waals surface area (Å²) in [6.07, 6.45) is 0. The van der Waals surface area contributed by atoms with E-state index in [1.165, 1.54) is 0 Å². The van der Waals surface area contributed by atoms with E-state index in [9.17, 15) is 0 Å². The first-order valence-corrected chi connectivity index (χ1v) is 20.3. The van der Waals surface area contributed by atoms with Gasteiger partial charge >= 0.3 is 13.7 Å². The Labute approximate surface area is 329 Å². The SMILES string of the molecule is Clc1ccc(Cl)c2c1C1=NC2=Nc2c3c(Cl)ccc(Cl)c3c3[n]2[Al]([Cl])[n]2c(c4c(Cl)ccc(Cl)c4c2=NC2=NC(=N3)c3c(Cl)ccc(Cl)c32)=N1. The van der Waals surface area contributed by atoms with Crippen molar-refractivity contribution < 1.29 is 0 Å². The summed E-state index contributed by atoms with van der Waals surface area (Å²) in [5.74, 6) is 1.54. The lowest BCUT2D eigenvalue weighted by Gasteiger charge is -2.15. The highest BCUT2D eigenvalue weighted by Gasteiger charge is 2.41. The number of aromatic nitrogens is 2. The van der Waals surface area contributed by atoms with E-state index < -0.39 is 13.7 Å². The molecule has 0 saturated heterocycles. The Morgan fingerprint density at radius 1 is 0.360 bits per heavy atom. The van der Waals surface area contributed by atoms with Crippen molar-refractivity contribution in [3.8, 4) is 0 Å². The molecule has 4 aliphatic rings. The maximum absolute atomic E-state index is 7.81. The number of aliphatic imine (C=N–C) groups is 4. The van der Waals surface area contributed by atoms with E-state index in [4.69, 9.17) is 133 Å². The van der Waals surface area contributed by atoms with Crippen LogP contribution in [0.25, 0.3) is 21.5 Å². The minimum absolute atomic E-state index is 0.229. The van der Waals surface area contributed by atoms with E-state index in [2.05, 4.69) is 0 Å². The van der Waals surface area contributed by atoms with Gasteiger partial charge in [0.25, 0.3) is 0 Å². The van der Waals surface area contributed by atoms with Gasteiger partial charge in [0.15, 0.2) is 23.3 Å². The van der Waals surface area contributed by atoms with E-state index in [0.29, 0.717) is 107 Å². The van der Waals surface area contributed by atoms with Crippen LogP contribution in [0.1, 0.15) is 22.3 Å². The fourth-order valence-electron chi connectivity index (χ4n) is 6.75. The van der Waals surface area contributed by atoms with Gasteiger partial charge in [-0.05, 0) is 48.5 Å². The maximum Gasteiger partial charge on any atom is 0.722 e. The molecule has 0 amide bonds. The van der Waals surface area contributed by atoms with Gasteiger partial charge in [-0.15, -0.1) is 0 Å². The van der Waals surface area contributed by atoms with Crippen molar-refractivity contribution in [1.82, 2.24) is 7.10 Å². The molecule has 0 spiro atoms. The normalized spacial score (nSPS) is 15.3. The maximum atomic E-state index is 7.81. The van der Waals surface area contributed by atoms with Gasteiger partial charge < -0.3 is 7.10 Å². The van der Waals surface area contributed by atoms with E-state index in [1.54, 1.807) is 55.6 Å². The Balaban J connectivity index is 1.55. The number of amidine groups is 4. The second-order valence-electron chi connectivity index (χ2n) is 11.4. The van der Waals surface area contributed by atoms with Crippen molar-refractivity contribution in [3.05, 3.63) is 122 Å². The predicted molar refractivity (Wildman–Crippen MR) is 207 cm³/mol. The monoisotopic (exact) mass is 846 g/mol. The molecule has 50 heavy (non-hydrogen) atoms. The Kier molecular flexibility index (Phi) is 7.18. The smallest absolute Gasteiger partial charge is 0.370 e. The summed E-state index contributed by atoms with van der Waals surface area (Å²) in [5, 5.41) is 4.65. The first kappa shape index (κ1) is 32.1. The standard InChI is InChI=1S/C32H8Cl8N8.Al.ClH/c33-9-1-2-10(34)18-17(9)25-41-26(18)46-28-21-13(37)5-6-14(38)22(21)30(43-28)48-32-24-16(40)8-7-15(39)23(24)31(44-32)47-29-20-12(36)4-3-11(35)19(20)27(42-29)45-25;;/h1-8H;;1H/q-2;+3;/p-1. The van der Waals surface area contributed by atoms with Crippen LogP contribution in [0.15, 0.2) is 78.5 Å². The molecule has 2 aromatic heterocycles. The van der Waals surface area contributed by atoms with Crippen molar-refractivity contribution in [2.45, 2.75) is 0 Å². The van der Waals surface area contributed by atoms with Crippen LogP contribution < -0.4 is 11.0 Å². The molecule has 242 valence electrons. The summed E-state index contributed by atoms with van der Waals surface area (Å²) < 4.78 is 3.58. The van der Waals surface area contributed by atoms with E-state index in [1.807, 2.05) is 0 Å². The zero-order chi connectivity index (χ0) is 34.5. The number of benzene rings is 4. The molecule has 0 N–H and O–H groups in total. The van der Waals surface area contributed by atoms with Crippen LogP contribution >= 0.6 is 103 Å². The second-order valence-corrected chi connectivity index (χ2v) is 17.5. The van der Waals surface area contributed by atoms with Gasteiger partial charge in [-0.1, -0.05) is 92.8 Å². The molecule has 0 fully saturated rings. The van der Waals surface area contributed by atoms with Crippen molar-refractivity contribution in [2.75, 3.05) is 0 Å². The number of fused-ring (bicyclic) bond motifs is 14. The highest BCUT2D eigenvalue weighted by molar-refractivity contribution is 7.05. The van der Waals surface area contributed by atoms with Gasteiger partial charge in [0.2, 0.25) is 0 Å². The lowest BCUT2D eigenvalue weighted by atomic mass is 10.1. The molecular weight excluding hydrogens is 842 g/mol. The summed E-state index contributed by atoms with van der Waals surface area (Å²) >= 11 is 52.1. The molecule has 0 unspecified atom stereocenters. The van der Waals surface area contributed by atoms with Crippen molar-refractivity contribution >= 4 is 173 Å². The van der Waals surface area contributed by atoms with Crippen LogP contribution in [-0.2, 0) is 0 Å². The minimum atomic E-state index is -3.21. The Morgan fingerprint density at radius 2 is 0.660 bits per heavy atom. The van der Waals surface area contributed by atoms with Gasteiger partial charge in [-0.3, -0.25) is 0 Å². The first-order chi connectivity index (χ1) is 24.0. The Morgan fingerprint density at radius 3 is 1.02 bits per heavy atom. The van der Waals surface area contributed by atoms with E-state index in [-0.39, 0.29) is 23.3 Å². The average Bonchev–Trinajstić information content (AvgIpc) is 3.81. The summed E-state index contributed by atoms with van der Waals surface area (Å²) in [7, 11) is 7.81. The molecule has 6 aromatic rings. The third-order valence-corrected chi connectivity index (χ3v) is 14.3. The number of nitrogens with zero attached hydrogens (tertiary/aromatic N) is 8. The quantitative estimate of drug-likeness (QED) is 0.136. The molecule has 0 saturated carbocycles. The number of hydrogen-bond donors (Lipinski definition) is 0. The summed E-state index contributed by atoms with van der Waals surface area (Å²) in [5.41, 5.74) is 2.52. The average molecular weight is 851 g/mol. The molecule has 0 aliphatic carbocycles. The van der Waals surface area contributed by atoms with E-state index >= 15 is 0 Å². The molecule has 4 aliphatic heterocycles. The van der Waals surface area contributed by atoms with Gasteiger partial charge in [0, 0.05) is 21.5 Å². The molecule has 6 bridgehead atoms. The molecule has 0 atom stereocenters. The topological polar surface area (TPSA) is 84.0 Å². The van der Waals surface area contributed by atoms with Crippen molar-refractivity contribution in [3.63, 3.8) is 0 Å². The minimum Gasteiger partial charge on any atom is -0.370 e. The number of halogens is 9. The van der Waals surface area contributed by atoms with E-state index in [0.717, 1.165) is 0 Å². The largest absolute Gasteiger partial charge is 0.722 e. The molecular formula is C32H8AlCl9N8. The highest BCUT2D eigenvalue weighted by atomic mass is 35.6. The van der Waals surface area contributed by atoms with Crippen molar-refractivity contribution in [2.24, 2.45) is 30.0 Å². The number of rotatable bonds is 0. The van der Waals surface area contributed by atoms with Crippen LogP contribution in [-0.4, -0.2) is 44.1 Å². The molecule has 4 aromatic carbocycles. The molecule has 0 radical (unpaired) electrons. The highest BCUT2D eigenvalue weighted by Crippen LogP contribution is 2.48. The lowest BCUT2D eigenvalue weighted by molar-refractivity contribution is 0.983. The van der Waals surface area contributed by atoms with Crippen LogP contribution in [0.5, 0.6) is 0 Å². The Hall–Kier alpha value is -2.62. The van der Waals surface area contributed by atoms with Gasteiger partial charge in [0.05, 0.1) is 62.4 Å². The van der Waals surface area contributed by atoms with Gasteiger partial charge in [-0.25, -0.2) is 30.0 Å². The third-order valence-electron chi connectivity index (χ3n) is 8.81. The summed E-state index contributed by atoms with van der Waals surface area (Å²) in [4.78, 5) is 30.2. The molecule has 6 heterocycles. The fraction of sp³-hybridized carbons (Fsp3) is 0. The molecule has 10 rings (SSSR count). The van der Waals surface area contributed by atoms with Gasteiger partial charge in [0.1, 0.15) is 22.6 Å². The van der Waals surface area contributed by atoms with Crippen LogP contribution in [0.2, 0.25) is 40.2 Å². The zero-order valence-corrected chi connectivity index (χ0v) is 32.1. The van der Waals surface area contributed by atoms with Crippen molar-refractivity contribution in [1.29, 1.82) is 0 Å². The lowest BCUT2D eigenvalue weighted by Crippen LogP contribution is -2.43. The second kappa shape index (κ2) is 11.2. The first-order valence-electron chi connectivity index (χ1n) is 14.5. The van der Waals surface area contributed by atoms with Crippen LogP contribution in [0.3, 0.4) is 0 Å². The van der Waals surface area contributed by atoms with Gasteiger partial charge in [-0.2, -0.15) is 10.0 Å². The fourth-order valence-corrected chi connectivity index (χ4v) is 11.6. The number of hydrogen-bond acceptors (Lipinski definition) is 6. The van der Waals surface area contributed by atoms with Crippen LogP contribution in [0, 0.1) is 0 Å². The summed E-state index contributed by atoms with van der Waals surface area (Å²) in [6.45, 7) is 0. The van der Waals surface area contributed by atoms with Crippen LogP contribution in [0.4, 0.5) is 11.6 Å². The predicted octanol–water partition coefficient (Wildman–Crippen LogP) is 10.4. The zero-order valence-electron chi connectivity index (χ0n) is 24.2. The Bertz CT molecular complexity index is 2750. The third kappa shape index (κ3) is 4.23. The molecule has 18 heteroatoms. The summed E-state index contributed by atoms with van der Waals surface area (Å²) in [6, 6.07) is 13.4.